The van der Waals surface area contributed by atoms with Crippen LogP contribution in [-0.4, -0.2) is 15.7 Å². The number of nitrogens with zero attached hydrogens (tertiary/aromatic N) is 2. The van der Waals surface area contributed by atoms with E-state index in [1.54, 1.807) is 0 Å². The SMILES string of the molecule is [C-]#[N+]c1ccc2c(c1C)CCC1C2CC[C@@]2(C)C1CC[C@@]2(O)Cc1ccncc1. The lowest BCUT2D eigenvalue weighted by atomic mass is 9.52. The zero-order valence-electron chi connectivity index (χ0n) is 17.5. The van der Waals surface area contributed by atoms with Crippen molar-refractivity contribution in [3.8, 4) is 0 Å². The average Bonchev–Trinajstić information content (AvgIpc) is 2.99. The van der Waals surface area contributed by atoms with Crippen molar-refractivity contribution in [2.45, 2.75) is 70.3 Å². The normalized spacial score (nSPS) is 35.3. The van der Waals surface area contributed by atoms with Crippen LogP contribution in [0.5, 0.6) is 0 Å². The third kappa shape index (κ3) is 2.69. The van der Waals surface area contributed by atoms with Crippen LogP contribution in [-0.2, 0) is 12.8 Å². The lowest BCUT2D eigenvalue weighted by Crippen LogP contribution is -2.51. The molecular formula is C26H30N2O. The Morgan fingerprint density at radius 1 is 1.14 bits per heavy atom. The first-order valence-electron chi connectivity index (χ1n) is 11.1. The van der Waals surface area contributed by atoms with Gasteiger partial charge in [0, 0.05) is 18.8 Å². The van der Waals surface area contributed by atoms with Crippen LogP contribution >= 0.6 is 0 Å². The summed E-state index contributed by atoms with van der Waals surface area (Å²) in [7, 11) is 0. The lowest BCUT2D eigenvalue weighted by Gasteiger charge is -2.53. The maximum absolute atomic E-state index is 11.8. The summed E-state index contributed by atoms with van der Waals surface area (Å²) in [5, 5.41) is 11.8. The molecule has 3 unspecified atom stereocenters. The maximum atomic E-state index is 11.8. The molecule has 0 bridgehead atoms. The standard InChI is InChI=1S/C26H30N2O/c1-17-19-4-5-22-21(20(19)6-7-24(17)27-3)8-12-25(2)23(22)9-13-26(25,29)16-18-10-14-28-15-11-18/h6-7,10-11,14-15,21-23,29H,4-5,8-9,12-13,16H2,1-2H3/t21?,22?,23?,25-,26+/m0/s1. The molecule has 2 saturated carbocycles. The van der Waals surface area contributed by atoms with Gasteiger partial charge in [-0.3, -0.25) is 4.98 Å². The second kappa shape index (κ2) is 6.67. The van der Waals surface area contributed by atoms with Gasteiger partial charge in [-0.05, 0) is 97.4 Å². The van der Waals surface area contributed by atoms with Gasteiger partial charge in [-0.1, -0.05) is 24.6 Å². The zero-order valence-corrected chi connectivity index (χ0v) is 17.5. The van der Waals surface area contributed by atoms with Crippen LogP contribution in [0.1, 0.15) is 67.2 Å². The van der Waals surface area contributed by atoms with E-state index in [9.17, 15) is 5.11 Å². The summed E-state index contributed by atoms with van der Waals surface area (Å²) in [5.74, 6) is 1.84. The third-order valence-electron chi connectivity index (χ3n) is 8.86. The monoisotopic (exact) mass is 386 g/mol. The van der Waals surface area contributed by atoms with Gasteiger partial charge in [0.25, 0.3) is 0 Å². The van der Waals surface area contributed by atoms with Gasteiger partial charge in [-0.15, -0.1) is 0 Å². The van der Waals surface area contributed by atoms with Gasteiger partial charge in [0.15, 0.2) is 5.69 Å². The van der Waals surface area contributed by atoms with E-state index in [1.807, 2.05) is 18.5 Å². The van der Waals surface area contributed by atoms with Crippen molar-refractivity contribution in [3.05, 3.63) is 70.3 Å². The molecule has 1 aromatic carbocycles. The molecule has 5 atom stereocenters. The number of pyridine rings is 1. The van der Waals surface area contributed by atoms with Crippen LogP contribution in [0.15, 0.2) is 36.7 Å². The van der Waals surface area contributed by atoms with Gasteiger partial charge in [-0.2, -0.15) is 0 Å². The Labute approximate surface area is 174 Å². The van der Waals surface area contributed by atoms with Crippen molar-refractivity contribution in [3.63, 3.8) is 0 Å². The number of hydrogen-bond donors (Lipinski definition) is 1. The topological polar surface area (TPSA) is 37.5 Å². The average molecular weight is 387 g/mol. The maximum Gasteiger partial charge on any atom is 0.190 e. The van der Waals surface area contributed by atoms with Crippen molar-refractivity contribution in [2.75, 3.05) is 0 Å². The number of rotatable bonds is 2. The Bertz CT molecular complexity index is 978. The molecule has 1 aromatic heterocycles. The minimum absolute atomic E-state index is 0.0135. The molecule has 0 spiro atoms. The minimum atomic E-state index is -0.617. The Morgan fingerprint density at radius 2 is 1.93 bits per heavy atom. The van der Waals surface area contributed by atoms with Gasteiger partial charge in [-0.25, -0.2) is 4.85 Å². The Kier molecular flexibility index (Phi) is 4.33. The van der Waals surface area contributed by atoms with E-state index in [0.717, 1.165) is 44.2 Å². The highest BCUT2D eigenvalue weighted by Gasteiger charge is 2.61. The summed E-state index contributed by atoms with van der Waals surface area (Å²) < 4.78 is 0. The number of aromatic nitrogens is 1. The molecule has 2 aromatic rings. The molecule has 2 fully saturated rings. The molecule has 0 amide bonds. The van der Waals surface area contributed by atoms with Crippen LogP contribution in [0.4, 0.5) is 5.69 Å². The summed E-state index contributed by atoms with van der Waals surface area (Å²) in [5.41, 5.74) is 5.52. The summed E-state index contributed by atoms with van der Waals surface area (Å²) in [6.45, 7) is 11.9. The van der Waals surface area contributed by atoms with E-state index in [-0.39, 0.29) is 5.41 Å². The predicted molar refractivity (Wildman–Crippen MR) is 115 cm³/mol. The number of fused-ring (bicyclic) bond motifs is 5. The molecule has 3 nitrogen and oxygen atoms in total. The first kappa shape index (κ1) is 18.8. The highest BCUT2D eigenvalue weighted by Crippen LogP contribution is 2.65. The Hall–Kier alpha value is -2.18. The van der Waals surface area contributed by atoms with E-state index in [0.29, 0.717) is 17.8 Å². The Balaban J connectivity index is 1.46. The molecule has 0 saturated heterocycles. The van der Waals surface area contributed by atoms with Gasteiger partial charge in [0.2, 0.25) is 0 Å². The van der Waals surface area contributed by atoms with Gasteiger partial charge < -0.3 is 5.11 Å². The molecule has 1 N–H and O–H groups in total. The fourth-order valence-corrected chi connectivity index (χ4v) is 7.19. The van der Waals surface area contributed by atoms with E-state index >= 15 is 0 Å². The summed E-state index contributed by atoms with van der Waals surface area (Å²) >= 11 is 0. The summed E-state index contributed by atoms with van der Waals surface area (Å²) in [6, 6.07) is 8.38. The molecule has 3 heteroatoms. The first-order chi connectivity index (χ1) is 14.0. The van der Waals surface area contributed by atoms with Crippen molar-refractivity contribution in [2.24, 2.45) is 17.3 Å². The quantitative estimate of drug-likeness (QED) is 0.665. The van der Waals surface area contributed by atoms with Gasteiger partial charge in [0.05, 0.1) is 12.2 Å². The van der Waals surface area contributed by atoms with Crippen LogP contribution in [0.2, 0.25) is 0 Å². The fraction of sp³-hybridized carbons (Fsp3) is 0.538. The minimum Gasteiger partial charge on any atom is -0.389 e. The summed E-state index contributed by atoms with van der Waals surface area (Å²) in [4.78, 5) is 7.85. The highest BCUT2D eigenvalue weighted by molar-refractivity contribution is 5.58. The first-order valence-corrected chi connectivity index (χ1v) is 11.1. The predicted octanol–water partition coefficient (Wildman–Crippen LogP) is 5.77. The molecule has 0 radical (unpaired) electrons. The smallest absolute Gasteiger partial charge is 0.190 e. The lowest BCUT2D eigenvalue weighted by molar-refractivity contribution is -0.102. The van der Waals surface area contributed by atoms with Crippen LogP contribution in [0, 0.1) is 30.7 Å². The van der Waals surface area contributed by atoms with Crippen LogP contribution in [0.25, 0.3) is 4.85 Å². The number of hydrogen-bond acceptors (Lipinski definition) is 2. The molecular weight excluding hydrogens is 356 g/mol. The van der Waals surface area contributed by atoms with Crippen molar-refractivity contribution in [1.82, 2.24) is 4.98 Å². The third-order valence-corrected chi connectivity index (χ3v) is 8.86. The van der Waals surface area contributed by atoms with Crippen molar-refractivity contribution in [1.29, 1.82) is 0 Å². The molecule has 0 aliphatic heterocycles. The molecule has 3 aliphatic carbocycles. The van der Waals surface area contributed by atoms with Gasteiger partial charge >= 0.3 is 0 Å². The second-order valence-electron chi connectivity index (χ2n) is 9.86. The Morgan fingerprint density at radius 3 is 2.69 bits per heavy atom. The van der Waals surface area contributed by atoms with Gasteiger partial charge in [0.1, 0.15) is 0 Å². The van der Waals surface area contributed by atoms with Crippen LogP contribution in [0.3, 0.4) is 0 Å². The molecule has 29 heavy (non-hydrogen) atoms. The molecule has 3 aliphatic rings. The molecule has 150 valence electrons. The van der Waals surface area contributed by atoms with E-state index in [2.05, 4.69) is 41.9 Å². The van der Waals surface area contributed by atoms with E-state index in [4.69, 9.17) is 6.57 Å². The summed E-state index contributed by atoms with van der Waals surface area (Å²) in [6.07, 6.45) is 11.0. The second-order valence-corrected chi connectivity index (χ2v) is 9.86. The van der Waals surface area contributed by atoms with E-state index in [1.165, 1.54) is 28.7 Å². The fourth-order valence-electron chi connectivity index (χ4n) is 7.19. The van der Waals surface area contributed by atoms with Crippen molar-refractivity contribution < 1.29 is 5.11 Å². The number of aliphatic hydroxyl groups is 1. The molecule has 1 heterocycles. The zero-order chi connectivity index (χ0) is 20.2. The van der Waals surface area contributed by atoms with E-state index < -0.39 is 5.60 Å². The molecule has 5 rings (SSSR count). The largest absolute Gasteiger partial charge is 0.389 e. The van der Waals surface area contributed by atoms with Crippen molar-refractivity contribution >= 4 is 5.69 Å². The number of benzene rings is 1. The van der Waals surface area contributed by atoms with Crippen LogP contribution < -0.4 is 0 Å². The highest BCUT2D eigenvalue weighted by atomic mass is 16.3.